The smallest absolute Gasteiger partial charge is 0.303 e. The molecule has 0 bridgehead atoms. The van der Waals surface area contributed by atoms with Gasteiger partial charge in [-0.25, -0.2) is 0 Å². The summed E-state index contributed by atoms with van der Waals surface area (Å²) >= 11 is 0. The molecule has 2 saturated carbocycles. The lowest BCUT2D eigenvalue weighted by molar-refractivity contribution is -0.137. The third kappa shape index (κ3) is 5.72. The second-order valence-electron chi connectivity index (χ2n) is 7.84. The SMILES string of the molecule is CC#CC[C@H](C)[C@@H](O)/C=C/[C@H]1[C@@H]2C/C(=C\CCCC(=O)O)C[C@@H]2C[C@@H]1O. The normalized spacial score (nSPS) is 31.6. The average Bonchev–Trinajstić information content (AvgIpc) is 3.10. The highest BCUT2D eigenvalue weighted by Crippen LogP contribution is 2.50. The van der Waals surface area contributed by atoms with Gasteiger partial charge in [-0.2, -0.15) is 0 Å². The molecule has 0 unspecified atom stereocenters. The summed E-state index contributed by atoms with van der Waals surface area (Å²) in [6, 6.07) is 0. The maximum atomic E-state index is 10.6. The summed E-state index contributed by atoms with van der Waals surface area (Å²) in [6.45, 7) is 3.79. The maximum Gasteiger partial charge on any atom is 0.303 e. The van der Waals surface area contributed by atoms with Crippen LogP contribution in [0.5, 0.6) is 0 Å². The highest BCUT2D eigenvalue weighted by Gasteiger charge is 2.44. The van der Waals surface area contributed by atoms with E-state index in [2.05, 4.69) is 17.9 Å². The molecular weight excluding hydrogens is 328 g/mol. The molecule has 2 fully saturated rings. The summed E-state index contributed by atoms with van der Waals surface area (Å²) < 4.78 is 0. The van der Waals surface area contributed by atoms with Crippen LogP contribution in [0.15, 0.2) is 23.8 Å². The molecule has 2 aliphatic carbocycles. The number of aliphatic hydroxyl groups excluding tert-OH is 2. The zero-order chi connectivity index (χ0) is 19.1. The highest BCUT2D eigenvalue weighted by atomic mass is 16.4. The van der Waals surface area contributed by atoms with Crippen LogP contribution in [0.1, 0.15) is 58.8 Å². The van der Waals surface area contributed by atoms with Crippen molar-refractivity contribution >= 4 is 5.97 Å². The third-order valence-corrected chi connectivity index (χ3v) is 5.85. The standard InChI is InChI=1S/C22H32O4/c1-3-4-7-15(2)20(23)11-10-18-19-13-16(8-5-6-9-22(25)26)12-17(19)14-21(18)24/h8,10-11,15,17-21,23-24H,5-7,9,12-14H2,1-2H3,(H,25,26)/b11-10+,16-8-/t15-,17+,18-,19+,20-,21-/m0/s1. The summed E-state index contributed by atoms with van der Waals surface area (Å²) in [5.41, 5.74) is 1.41. The summed E-state index contributed by atoms with van der Waals surface area (Å²) in [6.07, 6.45) is 10.4. The Kier molecular flexibility index (Phi) is 7.93. The molecule has 0 radical (unpaired) electrons. The molecule has 0 aromatic carbocycles. The summed E-state index contributed by atoms with van der Waals surface area (Å²) in [5, 5.41) is 29.4. The minimum absolute atomic E-state index is 0.0845. The summed E-state index contributed by atoms with van der Waals surface area (Å²) in [5.74, 6) is 6.25. The second kappa shape index (κ2) is 9.94. The van der Waals surface area contributed by atoms with Gasteiger partial charge in [0.05, 0.1) is 12.2 Å². The molecule has 0 aliphatic heterocycles. The lowest BCUT2D eigenvalue weighted by Crippen LogP contribution is -2.19. The number of aliphatic hydroxyl groups is 2. The van der Waals surface area contributed by atoms with Gasteiger partial charge in [-0.3, -0.25) is 4.79 Å². The number of carboxylic acids is 1. The van der Waals surface area contributed by atoms with Gasteiger partial charge < -0.3 is 15.3 Å². The second-order valence-corrected chi connectivity index (χ2v) is 7.84. The number of aliphatic carboxylic acids is 1. The van der Waals surface area contributed by atoms with Gasteiger partial charge in [0, 0.05) is 18.8 Å². The van der Waals surface area contributed by atoms with Crippen LogP contribution in [-0.2, 0) is 4.79 Å². The van der Waals surface area contributed by atoms with Crippen molar-refractivity contribution < 1.29 is 20.1 Å². The quantitative estimate of drug-likeness (QED) is 0.351. The molecule has 0 spiro atoms. The Morgan fingerprint density at radius 2 is 2.15 bits per heavy atom. The van der Waals surface area contributed by atoms with Crippen molar-refractivity contribution in [2.45, 2.75) is 71.0 Å². The summed E-state index contributed by atoms with van der Waals surface area (Å²) in [7, 11) is 0. The van der Waals surface area contributed by atoms with Gasteiger partial charge in [0.25, 0.3) is 0 Å². The first-order chi connectivity index (χ1) is 12.4. The number of rotatable bonds is 8. The molecule has 2 aliphatic rings. The number of unbranched alkanes of at least 4 members (excludes halogenated alkanes) is 1. The van der Waals surface area contributed by atoms with Crippen molar-refractivity contribution in [1.29, 1.82) is 0 Å². The van der Waals surface area contributed by atoms with Crippen molar-refractivity contribution in [3.8, 4) is 11.8 Å². The first-order valence-corrected chi connectivity index (χ1v) is 9.76. The van der Waals surface area contributed by atoms with Crippen molar-refractivity contribution in [3.63, 3.8) is 0 Å². The van der Waals surface area contributed by atoms with Gasteiger partial charge in [0.15, 0.2) is 0 Å². The molecule has 0 saturated heterocycles. The number of hydrogen-bond acceptors (Lipinski definition) is 3. The minimum atomic E-state index is -0.738. The van der Waals surface area contributed by atoms with E-state index in [0.717, 1.165) is 25.7 Å². The Morgan fingerprint density at radius 3 is 2.85 bits per heavy atom. The number of hydrogen-bond donors (Lipinski definition) is 3. The lowest BCUT2D eigenvalue weighted by Gasteiger charge is -2.19. The average molecular weight is 360 g/mol. The van der Waals surface area contributed by atoms with Gasteiger partial charge >= 0.3 is 5.97 Å². The zero-order valence-corrected chi connectivity index (χ0v) is 15.9. The molecule has 0 aromatic rings. The van der Waals surface area contributed by atoms with E-state index in [1.807, 2.05) is 19.1 Å². The van der Waals surface area contributed by atoms with Crippen molar-refractivity contribution in [2.24, 2.45) is 23.7 Å². The lowest BCUT2D eigenvalue weighted by atomic mass is 9.89. The number of allylic oxidation sites excluding steroid dienone is 2. The highest BCUT2D eigenvalue weighted by molar-refractivity contribution is 5.66. The topological polar surface area (TPSA) is 77.8 Å². The third-order valence-electron chi connectivity index (χ3n) is 5.85. The van der Waals surface area contributed by atoms with Gasteiger partial charge in [-0.15, -0.1) is 11.8 Å². The van der Waals surface area contributed by atoms with Crippen LogP contribution in [0, 0.1) is 35.5 Å². The molecule has 0 heterocycles. The van der Waals surface area contributed by atoms with Crippen LogP contribution >= 0.6 is 0 Å². The fraction of sp³-hybridized carbons (Fsp3) is 0.682. The number of carbonyl (C=O) groups is 1. The monoisotopic (exact) mass is 360 g/mol. The first-order valence-electron chi connectivity index (χ1n) is 9.76. The number of carboxylic acid groups (broad SMARTS) is 1. The van der Waals surface area contributed by atoms with Crippen LogP contribution < -0.4 is 0 Å². The molecule has 144 valence electrons. The van der Waals surface area contributed by atoms with Gasteiger partial charge in [-0.05, 0) is 56.8 Å². The van der Waals surface area contributed by atoms with Gasteiger partial charge in [0.2, 0.25) is 0 Å². The van der Waals surface area contributed by atoms with Crippen LogP contribution in [0.3, 0.4) is 0 Å². The molecule has 6 atom stereocenters. The molecular formula is C22H32O4. The Labute approximate surface area is 157 Å². The molecule has 26 heavy (non-hydrogen) atoms. The van der Waals surface area contributed by atoms with Crippen LogP contribution in [0.25, 0.3) is 0 Å². The Hall–Kier alpha value is -1.57. The Morgan fingerprint density at radius 1 is 1.38 bits per heavy atom. The molecule has 0 aromatic heterocycles. The Bertz CT molecular complexity index is 595. The van der Waals surface area contributed by atoms with Crippen LogP contribution in [0.2, 0.25) is 0 Å². The number of fused-ring (bicyclic) bond motifs is 1. The van der Waals surface area contributed by atoms with Crippen molar-refractivity contribution in [1.82, 2.24) is 0 Å². The fourth-order valence-electron chi connectivity index (χ4n) is 4.31. The predicted molar refractivity (Wildman–Crippen MR) is 102 cm³/mol. The molecule has 3 N–H and O–H groups in total. The fourth-order valence-corrected chi connectivity index (χ4v) is 4.31. The van der Waals surface area contributed by atoms with Crippen molar-refractivity contribution in [2.75, 3.05) is 0 Å². The van der Waals surface area contributed by atoms with Gasteiger partial charge in [-0.1, -0.05) is 30.7 Å². The maximum absolute atomic E-state index is 10.6. The van der Waals surface area contributed by atoms with Gasteiger partial charge in [0.1, 0.15) is 0 Å². The van der Waals surface area contributed by atoms with Crippen LogP contribution in [0.4, 0.5) is 0 Å². The largest absolute Gasteiger partial charge is 0.481 e. The van der Waals surface area contributed by atoms with Crippen molar-refractivity contribution in [3.05, 3.63) is 23.8 Å². The van der Waals surface area contributed by atoms with E-state index in [1.165, 1.54) is 5.57 Å². The molecule has 4 nitrogen and oxygen atoms in total. The summed E-state index contributed by atoms with van der Waals surface area (Å²) in [4.78, 5) is 10.6. The van der Waals surface area contributed by atoms with E-state index in [4.69, 9.17) is 5.11 Å². The zero-order valence-electron chi connectivity index (χ0n) is 15.9. The van der Waals surface area contributed by atoms with E-state index < -0.39 is 12.1 Å². The first kappa shape index (κ1) is 20.7. The molecule has 2 rings (SSSR count). The van der Waals surface area contributed by atoms with E-state index >= 15 is 0 Å². The van der Waals surface area contributed by atoms with E-state index in [-0.39, 0.29) is 24.4 Å². The predicted octanol–water partition coefficient (Wildman–Crippen LogP) is 3.54. The molecule has 4 heteroatoms. The minimum Gasteiger partial charge on any atom is -0.481 e. The Balaban J connectivity index is 1.89. The van der Waals surface area contributed by atoms with E-state index in [1.54, 1.807) is 6.92 Å². The molecule has 0 amide bonds. The van der Waals surface area contributed by atoms with E-state index in [0.29, 0.717) is 24.7 Å². The van der Waals surface area contributed by atoms with E-state index in [9.17, 15) is 15.0 Å². The van der Waals surface area contributed by atoms with Crippen LogP contribution in [-0.4, -0.2) is 33.5 Å².